The Kier molecular flexibility index (Phi) is 5.59. The first-order chi connectivity index (χ1) is 14.5. The van der Waals surface area contributed by atoms with E-state index in [9.17, 15) is 9.59 Å². The Morgan fingerprint density at radius 3 is 1.87 bits per heavy atom. The van der Waals surface area contributed by atoms with Crippen molar-refractivity contribution in [2.24, 2.45) is 0 Å². The number of rotatable bonds is 5. The van der Waals surface area contributed by atoms with Gasteiger partial charge in [0.05, 0.1) is 22.0 Å². The van der Waals surface area contributed by atoms with Gasteiger partial charge in [0, 0.05) is 0 Å². The van der Waals surface area contributed by atoms with Gasteiger partial charge in [-0.05, 0) is 73.6 Å². The predicted octanol–water partition coefficient (Wildman–Crippen LogP) is 5.79. The Morgan fingerprint density at radius 2 is 1.33 bits per heavy atom. The molecule has 0 atom stereocenters. The Morgan fingerprint density at radius 1 is 0.800 bits per heavy atom. The van der Waals surface area contributed by atoms with Gasteiger partial charge in [-0.25, -0.2) is 0 Å². The summed E-state index contributed by atoms with van der Waals surface area (Å²) < 4.78 is 0. The van der Waals surface area contributed by atoms with Crippen molar-refractivity contribution in [1.82, 2.24) is 5.32 Å². The van der Waals surface area contributed by atoms with Crippen molar-refractivity contribution in [2.75, 3.05) is 10.4 Å². The fourth-order valence-electron chi connectivity index (χ4n) is 3.02. The fourth-order valence-corrected chi connectivity index (χ4v) is 3.70. The molecule has 5 nitrogen and oxygen atoms in total. The number of hydrogen-bond donors (Lipinski definition) is 2. The Balaban J connectivity index is 1.63. The maximum Gasteiger partial charge on any atom is 0.290 e. The van der Waals surface area contributed by atoms with Gasteiger partial charge in [-0.2, -0.15) is 0 Å². The highest BCUT2D eigenvalue weighted by atomic mass is 32.2. The molecule has 0 radical (unpaired) electrons. The lowest BCUT2D eigenvalue weighted by Crippen LogP contribution is -2.24. The molecule has 1 aliphatic rings. The van der Waals surface area contributed by atoms with Gasteiger partial charge in [-0.15, -0.1) is 0 Å². The lowest BCUT2D eigenvalue weighted by atomic mass is 10.1. The van der Waals surface area contributed by atoms with Gasteiger partial charge in [0.25, 0.3) is 11.1 Å². The second-order valence-corrected chi connectivity index (χ2v) is 8.11. The van der Waals surface area contributed by atoms with Crippen LogP contribution in [0.2, 0.25) is 0 Å². The molecule has 0 aromatic heterocycles. The molecular formula is C24H21N3O2S. The lowest BCUT2D eigenvalue weighted by molar-refractivity contribution is -0.115. The summed E-state index contributed by atoms with van der Waals surface area (Å²) >= 11 is 0.919. The Hall–Kier alpha value is -3.51. The molecule has 30 heavy (non-hydrogen) atoms. The first kappa shape index (κ1) is 19.8. The van der Waals surface area contributed by atoms with Crippen LogP contribution in [-0.2, 0) is 4.79 Å². The molecule has 2 amide bonds. The van der Waals surface area contributed by atoms with E-state index < -0.39 is 0 Å². The highest BCUT2D eigenvalue weighted by Crippen LogP contribution is 2.29. The summed E-state index contributed by atoms with van der Waals surface area (Å²) in [6.45, 7) is 4.12. The number of carbonyl (C=O) groups excluding carboxylic acids is 2. The minimum absolute atomic E-state index is 0.337. The molecule has 1 heterocycles. The summed E-state index contributed by atoms with van der Waals surface area (Å²) in [7, 11) is 0. The third-order valence-electron chi connectivity index (χ3n) is 4.68. The number of benzene rings is 3. The molecule has 0 aliphatic carbocycles. The highest BCUT2D eigenvalue weighted by Gasteiger charge is 2.24. The number of imide groups is 1. The molecule has 6 heteroatoms. The predicted molar refractivity (Wildman–Crippen MR) is 124 cm³/mol. The van der Waals surface area contributed by atoms with Crippen molar-refractivity contribution < 1.29 is 9.59 Å². The van der Waals surface area contributed by atoms with Crippen LogP contribution in [0.25, 0.3) is 6.08 Å². The summed E-state index contributed by atoms with van der Waals surface area (Å²) in [5.74, 6) is -0.351. The first-order valence-electron chi connectivity index (χ1n) is 9.53. The van der Waals surface area contributed by atoms with Crippen molar-refractivity contribution in [3.8, 4) is 0 Å². The summed E-state index contributed by atoms with van der Waals surface area (Å²) in [4.78, 5) is 23.5. The molecule has 1 saturated heterocycles. The fraction of sp³-hybridized carbons (Fsp3) is 0.0833. The van der Waals surface area contributed by atoms with E-state index in [0.29, 0.717) is 4.91 Å². The van der Waals surface area contributed by atoms with Crippen LogP contribution in [0, 0.1) is 13.8 Å². The van der Waals surface area contributed by atoms with E-state index in [-0.39, 0.29) is 11.1 Å². The normalized spacial score (nSPS) is 14.7. The topological polar surface area (TPSA) is 61.4 Å². The number of carbonyl (C=O) groups is 2. The molecule has 1 fully saturated rings. The minimum atomic E-state index is -0.351. The van der Waals surface area contributed by atoms with E-state index in [2.05, 4.69) is 61.0 Å². The smallest absolute Gasteiger partial charge is 0.290 e. The third kappa shape index (κ3) is 4.55. The summed E-state index contributed by atoms with van der Waals surface area (Å²) in [5, 5.41) is 3.95. The Labute approximate surface area is 179 Å². The monoisotopic (exact) mass is 415 g/mol. The zero-order valence-corrected chi connectivity index (χ0v) is 17.5. The van der Waals surface area contributed by atoms with Gasteiger partial charge in [0.15, 0.2) is 0 Å². The average Bonchev–Trinajstić information content (AvgIpc) is 3.06. The quantitative estimate of drug-likeness (QED) is 0.408. The number of anilines is 3. The molecule has 0 saturated carbocycles. The zero-order valence-electron chi connectivity index (χ0n) is 16.7. The first-order valence-corrected chi connectivity index (χ1v) is 10.3. The van der Waals surface area contributed by atoms with Gasteiger partial charge in [-0.1, -0.05) is 47.5 Å². The molecule has 150 valence electrons. The number of thioether (sulfide) groups is 1. The molecule has 3 aromatic rings. The molecule has 4 rings (SSSR count). The number of nitrogens with one attached hydrogen (secondary N) is 2. The number of amides is 2. The molecule has 1 aliphatic heterocycles. The maximum absolute atomic E-state index is 11.8. The van der Waals surface area contributed by atoms with Crippen LogP contribution in [0.15, 0.2) is 77.7 Å². The minimum Gasteiger partial charge on any atom is -0.294 e. The van der Waals surface area contributed by atoms with Crippen LogP contribution in [0.4, 0.5) is 21.9 Å². The summed E-state index contributed by atoms with van der Waals surface area (Å²) in [6.07, 6.45) is 1.72. The van der Waals surface area contributed by atoms with Gasteiger partial charge < -0.3 is 0 Å². The van der Waals surface area contributed by atoms with Gasteiger partial charge in [0.2, 0.25) is 0 Å². The molecule has 3 aromatic carbocycles. The van der Waals surface area contributed by atoms with E-state index in [4.69, 9.17) is 0 Å². The summed E-state index contributed by atoms with van der Waals surface area (Å²) in [5.41, 5.74) is 9.64. The van der Waals surface area contributed by atoms with Crippen molar-refractivity contribution in [3.05, 3.63) is 94.4 Å². The average molecular weight is 416 g/mol. The van der Waals surface area contributed by atoms with Crippen molar-refractivity contribution >= 4 is 46.0 Å². The van der Waals surface area contributed by atoms with E-state index >= 15 is 0 Å². The van der Waals surface area contributed by atoms with E-state index in [1.54, 1.807) is 6.08 Å². The van der Waals surface area contributed by atoms with Crippen LogP contribution in [0.3, 0.4) is 0 Å². The van der Waals surface area contributed by atoms with Crippen molar-refractivity contribution in [1.29, 1.82) is 0 Å². The van der Waals surface area contributed by atoms with Crippen LogP contribution in [0.5, 0.6) is 0 Å². The second-order valence-electron chi connectivity index (χ2n) is 7.09. The lowest BCUT2D eigenvalue weighted by Gasteiger charge is -2.27. The number of aryl methyl sites for hydroxylation is 2. The standard InChI is InChI=1S/C24H21N3O2S/c1-16-3-9-19(10-4-16)26-27(20-11-5-17(2)6-12-20)21-13-7-18(8-14-21)15-22-23(28)25-24(29)30-22/h3-15,26H,1-2H3,(H,25,28,29). The summed E-state index contributed by atoms with van der Waals surface area (Å²) in [6, 6.07) is 24.3. The molecule has 0 bridgehead atoms. The van der Waals surface area contributed by atoms with Crippen LogP contribution < -0.4 is 15.8 Å². The highest BCUT2D eigenvalue weighted by molar-refractivity contribution is 8.18. The SMILES string of the molecule is Cc1ccc(NN(c2ccc(C)cc2)c2ccc(C=C3SC(=O)NC3=O)cc2)cc1. The third-order valence-corrected chi connectivity index (χ3v) is 5.49. The van der Waals surface area contributed by atoms with Crippen molar-refractivity contribution in [3.63, 3.8) is 0 Å². The number of hydrogen-bond acceptors (Lipinski definition) is 5. The van der Waals surface area contributed by atoms with E-state index in [1.165, 1.54) is 11.1 Å². The van der Waals surface area contributed by atoms with Gasteiger partial charge in [0.1, 0.15) is 0 Å². The van der Waals surface area contributed by atoms with E-state index in [1.807, 2.05) is 41.4 Å². The zero-order chi connectivity index (χ0) is 21.1. The molecule has 0 unspecified atom stereocenters. The maximum atomic E-state index is 11.8. The van der Waals surface area contributed by atoms with E-state index in [0.717, 1.165) is 34.4 Å². The van der Waals surface area contributed by atoms with Crippen LogP contribution >= 0.6 is 11.8 Å². The molecule has 0 spiro atoms. The molecule has 2 N–H and O–H groups in total. The molecular weight excluding hydrogens is 394 g/mol. The van der Waals surface area contributed by atoms with Gasteiger partial charge in [-0.3, -0.25) is 25.3 Å². The number of nitrogens with zero attached hydrogens (tertiary/aromatic N) is 1. The van der Waals surface area contributed by atoms with Gasteiger partial charge >= 0.3 is 0 Å². The van der Waals surface area contributed by atoms with Crippen molar-refractivity contribution in [2.45, 2.75) is 13.8 Å². The second kappa shape index (κ2) is 8.47. The number of hydrazine groups is 1. The van der Waals surface area contributed by atoms with Crippen LogP contribution in [0.1, 0.15) is 16.7 Å². The van der Waals surface area contributed by atoms with Crippen LogP contribution in [-0.4, -0.2) is 11.1 Å². The largest absolute Gasteiger partial charge is 0.294 e. The Bertz CT molecular complexity index is 1100.